The summed E-state index contributed by atoms with van der Waals surface area (Å²) in [7, 11) is 0. The molecule has 122 valence electrons. The Kier molecular flexibility index (Phi) is 4.54. The van der Waals surface area contributed by atoms with Crippen LogP contribution in [0, 0.1) is 0 Å². The zero-order valence-corrected chi connectivity index (χ0v) is 14.9. The molecule has 0 radical (unpaired) electrons. The van der Waals surface area contributed by atoms with Gasteiger partial charge in [0, 0.05) is 16.6 Å². The first-order valence-electron chi connectivity index (χ1n) is 8.38. The lowest BCUT2D eigenvalue weighted by atomic mass is 10.1. The number of anilines is 1. The number of aromatic nitrogens is 1. The Hall–Kier alpha value is -1.84. The lowest BCUT2D eigenvalue weighted by Crippen LogP contribution is -2.13. The topological polar surface area (TPSA) is 24.9 Å². The Morgan fingerprint density at radius 2 is 1.62 bits per heavy atom. The van der Waals surface area contributed by atoms with E-state index in [1.165, 1.54) is 36.1 Å². The molecule has 1 aliphatic rings. The molecule has 1 saturated carbocycles. The van der Waals surface area contributed by atoms with Crippen molar-refractivity contribution in [3.8, 4) is 21.7 Å². The van der Waals surface area contributed by atoms with E-state index in [4.69, 9.17) is 16.6 Å². The smallest absolute Gasteiger partial charge is 0.184 e. The van der Waals surface area contributed by atoms with Crippen LogP contribution in [0.5, 0.6) is 0 Å². The van der Waals surface area contributed by atoms with E-state index in [0.29, 0.717) is 6.04 Å². The first-order chi connectivity index (χ1) is 11.8. The van der Waals surface area contributed by atoms with Gasteiger partial charge in [-0.05, 0) is 30.5 Å². The van der Waals surface area contributed by atoms with Crippen molar-refractivity contribution in [1.29, 1.82) is 0 Å². The number of hydrogen-bond acceptors (Lipinski definition) is 3. The number of hydrogen-bond donors (Lipinski definition) is 1. The lowest BCUT2D eigenvalue weighted by Gasteiger charge is -2.09. The van der Waals surface area contributed by atoms with Gasteiger partial charge >= 0.3 is 0 Å². The average Bonchev–Trinajstić information content (AvgIpc) is 3.27. The third-order valence-corrected chi connectivity index (χ3v) is 5.75. The monoisotopic (exact) mass is 354 g/mol. The minimum Gasteiger partial charge on any atom is -0.359 e. The maximum Gasteiger partial charge on any atom is 0.184 e. The van der Waals surface area contributed by atoms with Crippen LogP contribution in [-0.4, -0.2) is 11.0 Å². The molecule has 4 heteroatoms. The van der Waals surface area contributed by atoms with Crippen LogP contribution in [0.3, 0.4) is 0 Å². The lowest BCUT2D eigenvalue weighted by molar-refractivity contribution is 0.754. The molecule has 0 saturated heterocycles. The van der Waals surface area contributed by atoms with Crippen molar-refractivity contribution in [2.75, 3.05) is 5.32 Å². The summed E-state index contributed by atoms with van der Waals surface area (Å²) in [5.74, 6) is 0. The number of rotatable bonds is 4. The average molecular weight is 355 g/mol. The van der Waals surface area contributed by atoms with Crippen LogP contribution < -0.4 is 5.32 Å². The molecule has 1 fully saturated rings. The van der Waals surface area contributed by atoms with Gasteiger partial charge in [0.05, 0.1) is 10.6 Å². The molecular weight excluding hydrogens is 336 g/mol. The van der Waals surface area contributed by atoms with E-state index >= 15 is 0 Å². The summed E-state index contributed by atoms with van der Waals surface area (Å²) in [6.45, 7) is 0. The zero-order valence-electron chi connectivity index (χ0n) is 13.3. The van der Waals surface area contributed by atoms with Crippen molar-refractivity contribution in [3.63, 3.8) is 0 Å². The predicted octanol–water partition coefficient (Wildman–Crippen LogP) is 6.49. The van der Waals surface area contributed by atoms with Gasteiger partial charge in [0.25, 0.3) is 0 Å². The number of benzene rings is 2. The van der Waals surface area contributed by atoms with E-state index in [1.807, 2.05) is 30.3 Å². The first kappa shape index (κ1) is 15.7. The Balaban J connectivity index is 1.74. The van der Waals surface area contributed by atoms with Crippen LogP contribution in [0.4, 0.5) is 5.13 Å². The van der Waals surface area contributed by atoms with E-state index in [0.717, 1.165) is 21.4 Å². The predicted molar refractivity (Wildman–Crippen MR) is 104 cm³/mol. The Morgan fingerprint density at radius 3 is 2.33 bits per heavy atom. The molecule has 3 aromatic rings. The molecule has 4 rings (SSSR count). The van der Waals surface area contributed by atoms with Crippen molar-refractivity contribution in [3.05, 3.63) is 59.6 Å². The number of halogens is 1. The maximum atomic E-state index is 6.04. The number of thiazole rings is 1. The van der Waals surface area contributed by atoms with Gasteiger partial charge in [-0.1, -0.05) is 78.2 Å². The SMILES string of the molecule is Clc1ccc(-c2nc(NC3CCCC3)sc2-c2ccccc2)cc1. The highest BCUT2D eigenvalue weighted by atomic mass is 35.5. The van der Waals surface area contributed by atoms with E-state index in [9.17, 15) is 0 Å². The second kappa shape index (κ2) is 6.96. The van der Waals surface area contributed by atoms with Gasteiger partial charge in [-0.25, -0.2) is 4.98 Å². The highest BCUT2D eigenvalue weighted by Crippen LogP contribution is 2.40. The van der Waals surface area contributed by atoms with Crippen LogP contribution in [0.1, 0.15) is 25.7 Å². The van der Waals surface area contributed by atoms with Gasteiger partial charge in [-0.2, -0.15) is 0 Å². The van der Waals surface area contributed by atoms with Crippen LogP contribution in [-0.2, 0) is 0 Å². The highest BCUT2D eigenvalue weighted by Gasteiger charge is 2.19. The molecule has 24 heavy (non-hydrogen) atoms. The molecule has 1 aromatic heterocycles. The molecule has 0 spiro atoms. The second-order valence-electron chi connectivity index (χ2n) is 6.20. The van der Waals surface area contributed by atoms with Gasteiger partial charge in [0.1, 0.15) is 0 Å². The van der Waals surface area contributed by atoms with Gasteiger partial charge in [-0.15, -0.1) is 0 Å². The van der Waals surface area contributed by atoms with Crippen LogP contribution in [0.15, 0.2) is 54.6 Å². The molecule has 0 atom stereocenters. The summed E-state index contributed by atoms with van der Waals surface area (Å²) in [4.78, 5) is 6.12. The van der Waals surface area contributed by atoms with Crippen molar-refractivity contribution >= 4 is 28.1 Å². The summed E-state index contributed by atoms with van der Waals surface area (Å²) in [5.41, 5.74) is 3.34. The molecule has 2 aromatic carbocycles. The molecule has 1 N–H and O–H groups in total. The Bertz CT molecular complexity index is 805. The minimum atomic E-state index is 0.567. The molecule has 0 aliphatic heterocycles. The molecule has 2 nitrogen and oxygen atoms in total. The van der Waals surface area contributed by atoms with E-state index in [2.05, 4.69) is 29.6 Å². The van der Waals surface area contributed by atoms with Gasteiger partial charge in [-0.3, -0.25) is 0 Å². The van der Waals surface area contributed by atoms with Crippen LogP contribution in [0.2, 0.25) is 5.02 Å². The first-order valence-corrected chi connectivity index (χ1v) is 9.58. The standard InChI is InChI=1S/C20H19ClN2S/c21-16-12-10-14(11-13-16)18-19(15-6-2-1-3-7-15)24-20(23-18)22-17-8-4-5-9-17/h1-3,6-7,10-13,17H,4-5,8-9H2,(H,22,23). The largest absolute Gasteiger partial charge is 0.359 e. The van der Waals surface area contributed by atoms with Gasteiger partial charge in [0.15, 0.2) is 5.13 Å². The molecular formula is C20H19ClN2S. The second-order valence-corrected chi connectivity index (χ2v) is 7.63. The summed E-state index contributed by atoms with van der Waals surface area (Å²) in [6, 6.07) is 19.0. The fraction of sp³-hybridized carbons (Fsp3) is 0.250. The molecule has 0 unspecified atom stereocenters. The molecule has 1 aliphatic carbocycles. The third kappa shape index (κ3) is 3.33. The van der Waals surface area contributed by atoms with Crippen molar-refractivity contribution in [2.24, 2.45) is 0 Å². The Labute approximate surface area is 151 Å². The normalized spacial score (nSPS) is 14.9. The van der Waals surface area contributed by atoms with Gasteiger partial charge in [0.2, 0.25) is 0 Å². The summed E-state index contributed by atoms with van der Waals surface area (Å²) < 4.78 is 0. The number of nitrogens with one attached hydrogen (secondary N) is 1. The quantitative estimate of drug-likeness (QED) is 0.579. The fourth-order valence-corrected chi connectivity index (χ4v) is 4.41. The van der Waals surface area contributed by atoms with E-state index in [1.54, 1.807) is 11.3 Å². The third-order valence-electron chi connectivity index (χ3n) is 4.46. The van der Waals surface area contributed by atoms with Crippen molar-refractivity contribution in [1.82, 2.24) is 4.98 Å². The summed E-state index contributed by atoms with van der Waals surface area (Å²) in [6.07, 6.45) is 5.13. The molecule has 0 bridgehead atoms. The fourth-order valence-electron chi connectivity index (χ4n) is 3.22. The maximum absolute atomic E-state index is 6.04. The summed E-state index contributed by atoms with van der Waals surface area (Å²) in [5, 5.41) is 5.40. The van der Waals surface area contributed by atoms with Crippen LogP contribution in [0.25, 0.3) is 21.7 Å². The minimum absolute atomic E-state index is 0.567. The number of nitrogens with zero attached hydrogens (tertiary/aromatic N) is 1. The van der Waals surface area contributed by atoms with Crippen molar-refractivity contribution in [2.45, 2.75) is 31.7 Å². The molecule has 0 amide bonds. The Morgan fingerprint density at radius 1 is 0.917 bits per heavy atom. The highest BCUT2D eigenvalue weighted by molar-refractivity contribution is 7.19. The van der Waals surface area contributed by atoms with E-state index < -0.39 is 0 Å². The van der Waals surface area contributed by atoms with Gasteiger partial charge < -0.3 is 5.32 Å². The summed E-state index contributed by atoms with van der Waals surface area (Å²) >= 11 is 7.79. The zero-order chi connectivity index (χ0) is 16.4. The van der Waals surface area contributed by atoms with Crippen LogP contribution >= 0.6 is 22.9 Å². The van der Waals surface area contributed by atoms with E-state index in [-0.39, 0.29) is 0 Å². The van der Waals surface area contributed by atoms with Crippen molar-refractivity contribution < 1.29 is 0 Å². The molecule has 1 heterocycles.